The molecule has 0 amide bonds. The molecule has 0 aliphatic carbocycles. The molecule has 1 aromatic carbocycles. The van der Waals surface area contributed by atoms with Crippen molar-refractivity contribution in [1.29, 1.82) is 0 Å². The topological polar surface area (TPSA) is 29.3 Å². The maximum Gasteiger partial charge on any atom is 0.130 e. The van der Waals surface area contributed by atoms with Crippen LogP contribution in [0.5, 0.6) is 0 Å². The van der Waals surface area contributed by atoms with Crippen LogP contribution in [0.25, 0.3) is 0 Å². The third kappa shape index (κ3) is 4.03. The summed E-state index contributed by atoms with van der Waals surface area (Å²) in [7, 11) is 0. The minimum absolute atomic E-state index is 0.387. The van der Waals surface area contributed by atoms with E-state index in [1.807, 2.05) is 0 Å². The van der Waals surface area contributed by atoms with Crippen LogP contribution in [0.3, 0.4) is 0 Å². The van der Waals surface area contributed by atoms with E-state index < -0.39 is 11.6 Å². The van der Waals surface area contributed by atoms with Gasteiger partial charge >= 0.3 is 0 Å². The van der Waals surface area contributed by atoms with Crippen molar-refractivity contribution in [2.24, 2.45) is 5.73 Å². The first-order chi connectivity index (χ1) is 8.62. The zero-order chi connectivity index (χ0) is 13.5. The zero-order valence-electron chi connectivity index (χ0n) is 11.1. The van der Waals surface area contributed by atoms with Crippen molar-refractivity contribution < 1.29 is 8.78 Å². The fraction of sp³-hybridized carbons (Fsp3) is 0.571. The van der Waals surface area contributed by atoms with Crippen molar-refractivity contribution in [3.05, 3.63) is 35.4 Å². The second-order valence-corrected chi connectivity index (χ2v) is 4.47. The Bertz CT molecular complexity index is 365. The second-order valence-electron chi connectivity index (χ2n) is 4.47. The smallest absolute Gasteiger partial charge is 0.130 e. The van der Waals surface area contributed by atoms with Gasteiger partial charge in [0, 0.05) is 37.3 Å². The van der Waals surface area contributed by atoms with E-state index in [1.165, 1.54) is 12.1 Å². The molecule has 2 nitrogen and oxygen atoms in total. The van der Waals surface area contributed by atoms with Crippen LogP contribution in [-0.4, -0.2) is 24.0 Å². The fourth-order valence-electron chi connectivity index (χ4n) is 2.23. The van der Waals surface area contributed by atoms with Gasteiger partial charge in [0.25, 0.3) is 0 Å². The van der Waals surface area contributed by atoms with Crippen molar-refractivity contribution in [2.45, 2.75) is 39.3 Å². The van der Waals surface area contributed by atoms with Crippen LogP contribution in [0.1, 0.15) is 32.3 Å². The minimum Gasteiger partial charge on any atom is -0.329 e. The Kier molecular flexibility index (Phi) is 6.22. The summed E-state index contributed by atoms with van der Waals surface area (Å²) >= 11 is 0. The second kappa shape index (κ2) is 7.44. The third-order valence-electron chi connectivity index (χ3n) is 3.26. The van der Waals surface area contributed by atoms with Gasteiger partial charge in [-0.1, -0.05) is 19.9 Å². The Labute approximate surface area is 108 Å². The molecule has 0 saturated heterocycles. The van der Waals surface area contributed by atoms with E-state index in [9.17, 15) is 8.78 Å². The van der Waals surface area contributed by atoms with Gasteiger partial charge in [0.1, 0.15) is 11.6 Å². The number of halogens is 2. The summed E-state index contributed by atoms with van der Waals surface area (Å²) in [6.07, 6.45) is 2.00. The number of rotatable bonds is 7. The van der Waals surface area contributed by atoms with E-state index >= 15 is 0 Å². The van der Waals surface area contributed by atoms with E-state index in [1.54, 1.807) is 0 Å². The van der Waals surface area contributed by atoms with Gasteiger partial charge in [-0.3, -0.25) is 4.90 Å². The average Bonchev–Trinajstić information content (AvgIpc) is 2.34. The van der Waals surface area contributed by atoms with Crippen LogP contribution in [-0.2, 0) is 6.54 Å². The number of benzene rings is 1. The molecule has 0 aromatic heterocycles. The summed E-state index contributed by atoms with van der Waals surface area (Å²) in [5.74, 6) is -1.02. The fourth-order valence-corrected chi connectivity index (χ4v) is 2.23. The predicted octanol–water partition coefficient (Wildman–Crippen LogP) is 2.91. The van der Waals surface area contributed by atoms with Crippen LogP contribution in [0.2, 0.25) is 0 Å². The normalized spacial score (nSPS) is 11.5. The highest BCUT2D eigenvalue weighted by Crippen LogP contribution is 2.16. The van der Waals surface area contributed by atoms with Crippen molar-refractivity contribution in [2.75, 3.05) is 13.1 Å². The molecule has 4 heteroatoms. The van der Waals surface area contributed by atoms with Crippen LogP contribution in [0.15, 0.2) is 18.2 Å². The Hall–Kier alpha value is -1.00. The van der Waals surface area contributed by atoms with Gasteiger partial charge in [0.15, 0.2) is 0 Å². The molecular weight excluding hydrogens is 234 g/mol. The predicted molar refractivity (Wildman–Crippen MR) is 70.2 cm³/mol. The molecule has 18 heavy (non-hydrogen) atoms. The molecule has 0 bridgehead atoms. The van der Waals surface area contributed by atoms with E-state index in [0.717, 1.165) is 25.5 Å². The molecular formula is C14H22F2N2. The molecule has 0 saturated carbocycles. The first-order valence-corrected chi connectivity index (χ1v) is 6.50. The maximum atomic E-state index is 13.6. The molecule has 102 valence electrons. The quantitative estimate of drug-likeness (QED) is 0.812. The molecule has 0 aliphatic rings. The van der Waals surface area contributed by atoms with Gasteiger partial charge in [-0.25, -0.2) is 8.78 Å². The number of nitrogens with zero attached hydrogens (tertiary/aromatic N) is 1. The third-order valence-corrected chi connectivity index (χ3v) is 3.26. The Morgan fingerprint density at radius 2 is 1.89 bits per heavy atom. The van der Waals surface area contributed by atoms with Gasteiger partial charge in [-0.15, -0.1) is 0 Å². The molecule has 2 N–H and O–H groups in total. The monoisotopic (exact) mass is 256 g/mol. The van der Waals surface area contributed by atoms with E-state index in [4.69, 9.17) is 5.73 Å². The molecule has 0 atom stereocenters. The van der Waals surface area contributed by atoms with Crippen LogP contribution < -0.4 is 5.73 Å². The lowest BCUT2D eigenvalue weighted by Crippen LogP contribution is -2.37. The lowest BCUT2D eigenvalue weighted by molar-refractivity contribution is 0.180. The largest absolute Gasteiger partial charge is 0.329 e. The lowest BCUT2D eigenvalue weighted by Gasteiger charge is -2.30. The van der Waals surface area contributed by atoms with Crippen molar-refractivity contribution >= 4 is 0 Å². The molecule has 1 aromatic rings. The summed E-state index contributed by atoms with van der Waals surface area (Å²) in [6, 6.07) is 4.13. The standard InChI is InChI=1S/C14H22F2N2/c1-3-13(4-2)18(8-7-17)10-11-5-6-12(15)9-14(11)16/h5-6,9,13H,3-4,7-8,10,17H2,1-2H3. The van der Waals surface area contributed by atoms with Gasteiger partial charge in [0.05, 0.1) is 0 Å². The summed E-state index contributed by atoms with van der Waals surface area (Å²) in [4.78, 5) is 2.16. The van der Waals surface area contributed by atoms with Crippen molar-refractivity contribution in [3.8, 4) is 0 Å². The van der Waals surface area contributed by atoms with Gasteiger partial charge in [0.2, 0.25) is 0 Å². The first kappa shape index (κ1) is 15.1. The van der Waals surface area contributed by atoms with Gasteiger partial charge < -0.3 is 5.73 Å². The van der Waals surface area contributed by atoms with Crippen LogP contribution in [0, 0.1) is 11.6 Å². The summed E-state index contributed by atoms with van der Waals surface area (Å²) in [5.41, 5.74) is 6.12. The molecule has 0 fully saturated rings. The Morgan fingerprint density at radius 1 is 1.22 bits per heavy atom. The Balaban J connectivity index is 2.82. The highest BCUT2D eigenvalue weighted by Gasteiger charge is 2.16. The molecule has 0 aliphatic heterocycles. The molecule has 0 radical (unpaired) electrons. The first-order valence-electron chi connectivity index (χ1n) is 6.50. The van der Waals surface area contributed by atoms with Gasteiger partial charge in [-0.05, 0) is 18.9 Å². The SMILES string of the molecule is CCC(CC)N(CCN)Cc1ccc(F)cc1F. The summed E-state index contributed by atoms with van der Waals surface area (Å²) in [5, 5.41) is 0. The van der Waals surface area contributed by atoms with E-state index in [-0.39, 0.29) is 0 Å². The molecule has 0 spiro atoms. The van der Waals surface area contributed by atoms with Gasteiger partial charge in [-0.2, -0.15) is 0 Å². The number of hydrogen-bond acceptors (Lipinski definition) is 2. The summed E-state index contributed by atoms with van der Waals surface area (Å²) < 4.78 is 26.5. The van der Waals surface area contributed by atoms with Crippen molar-refractivity contribution in [1.82, 2.24) is 4.90 Å². The minimum atomic E-state index is -0.538. The van der Waals surface area contributed by atoms with Crippen LogP contribution in [0.4, 0.5) is 8.78 Å². The maximum absolute atomic E-state index is 13.6. The highest BCUT2D eigenvalue weighted by atomic mass is 19.1. The molecule has 0 heterocycles. The molecule has 1 rings (SSSR count). The number of hydrogen-bond donors (Lipinski definition) is 1. The lowest BCUT2D eigenvalue weighted by atomic mass is 10.1. The number of nitrogens with two attached hydrogens (primary N) is 1. The highest BCUT2D eigenvalue weighted by molar-refractivity contribution is 5.18. The average molecular weight is 256 g/mol. The van der Waals surface area contributed by atoms with Crippen LogP contribution >= 0.6 is 0 Å². The molecule has 0 unspecified atom stereocenters. The van der Waals surface area contributed by atoms with E-state index in [0.29, 0.717) is 24.7 Å². The zero-order valence-corrected chi connectivity index (χ0v) is 11.1. The van der Waals surface area contributed by atoms with E-state index in [2.05, 4.69) is 18.7 Å². The Morgan fingerprint density at radius 3 is 2.39 bits per heavy atom. The summed E-state index contributed by atoms with van der Waals surface area (Å²) in [6.45, 7) is 5.97. The van der Waals surface area contributed by atoms with Crippen molar-refractivity contribution in [3.63, 3.8) is 0 Å².